The standard InChI is InChI=1S/C16H17F2NO2/c17-14-6-2-7-15(16(14)18)21-9-3-8-20-13-5-1-4-12(10-13)11-19/h1-2,4-7,10H,3,8-9,11,19H2. The van der Waals surface area contributed by atoms with E-state index >= 15 is 0 Å². The summed E-state index contributed by atoms with van der Waals surface area (Å²) in [7, 11) is 0. The van der Waals surface area contributed by atoms with Gasteiger partial charge in [-0.05, 0) is 29.8 Å². The lowest BCUT2D eigenvalue weighted by Gasteiger charge is -2.09. The Hall–Kier alpha value is -2.14. The molecule has 0 aromatic heterocycles. The van der Waals surface area contributed by atoms with Crippen molar-refractivity contribution in [3.63, 3.8) is 0 Å². The molecule has 0 fully saturated rings. The van der Waals surface area contributed by atoms with Crippen LogP contribution in [0.1, 0.15) is 12.0 Å². The van der Waals surface area contributed by atoms with Gasteiger partial charge in [0, 0.05) is 13.0 Å². The summed E-state index contributed by atoms with van der Waals surface area (Å²) in [5.41, 5.74) is 6.54. The van der Waals surface area contributed by atoms with Crippen molar-refractivity contribution in [3.05, 3.63) is 59.7 Å². The highest BCUT2D eigenvalue weighted by molar-refractivity contribution is 5.28. The molecule has 2 aromatic carbocycles. The van der Waals surface area contributed by atoms with E-state index in [1.54, 1.807) is 0 Å². The van der Waals surface area contributed by atoms with E-state index in [-0.39, 0.29) is 12.4 Å². The average Bonchev–Trinajstić information content (AvgIpc) is 2.51. The highest BCUT2D eigenvalue weighted by atomic mass is 19.2. The fraction of sp³-hybridized carbons (Fsp3) is 0.250. The first kappa shape index (κ1) is 15.3. The Bertz CT molecular complexity index is 590. The van der Waals surface area contributed by atoms with Crippen molar-refractivity contribution in [2.45, 2.75) is 13.0 Å². The van der Waals surface area contributed by atoms with Crippen LogP contribution in [0.5, 0.6) is 11.5 Å². The summed E-state index contributed by atoms with van der Waals surface area (Å²) in [6.07, 6.45) is 0.558. The number of ether oxygens (including phenoxy) is 2. The fourth-order valence-electron chi connectivity index (χ4n) is 1.79. The van der Waals surface area contributed by atoms with Gasteiger partial charge in [-0.15, -0.1) is 0 Å². The highest BCUT2D eigenvalue weighted by Gasteiger charge is 2.08. The lowest BCUT2D eigenvalue weighted by Crippen LogP contribution is -2.06. The number of halogens is 2. The monoisotopic (exact) mass is 293 g/mol. The number of benzene rings is 2. The van der Waals surface area contributed by atoms with Crippen LogP contribution in [0.15, 0.2) is 42.5 Å². The summed E-state index contributed by atoms with van der Waals surface area (Å²) < 4.78 is 37.0. The van der Waals surface area contributed by atoms with Crippen LogP contribution in [-0.2, 0) is 6.54 Å². The summed E-state index contributed by atoms with van der Waals surface area (Å²) in [4.78, 5) is 0. The minimum absolute atomic E-state index is 0.0832. The fourth-order valence-corrected chi connectivity index (χ4v) is 1.79. The van der Waals surface area contributed by atoms with Gasteiger partial charge in [-0.25, -0.2) is 4.39 Å². The minimum atomic E-state index is -0.964. The summed E-state index contributed by atoms with van der Waals surface area (Å²) in [5.74, 6) is -1.23. The van der Waals surface area contributed by atoms with Crippen LogP contribution in [0, 0.1) is 11.6 Å². The van der Waals surface area contributed by atoms with Crippen LogP contribution >= 0.6 is 0 Å². The van der Waals surface area contributed by atoms with Gasteiger partial charge in [-0.3, -0.25) is 0 Å². The van der Waals surface area contributed by atoms with Crippen LogP contribution in [0.25, 0.3) is 0 Å². The maximum absolute atomic E-state index is 13.3. The van der Waals surface area contributed by atoms with Crippen molar-refractivity contribution in [2.75, 3.05) is 13.2 Å². The molecule has 0 bridgehead atoms. The molecule has 0 aliphatic rings. The molecule has 0 aliphatic carbocycles. The largest absolute Gasteiger partial charge is 0.493 e. The first-order valence-electron chi connectivity index (χ1n) is 6.69. The Morgan fingerprint density at radius 3 is 2.52 bits per heavy atom. The first-order chi connectivity index (χ1) is 10.2. The van der Waals surface area contributed by atoms with Crippen LogP contribution < -0.4 is 15.2 Å². The molecule has 0 atom stereocenters. The molecule has 0 radical (unpaired) electrons. The Kier molecular flexibility index (Phi) is 5.51. The van der Waals surface area contributed by atoms with Crippen molar-refractivity contribution >= 4 is 0 Å². The van der Waals surface area contributed by atoms with Crippen molar-refractivity contribution in [2.24, 2.45) is 5.73 Å². The molecule has 0 saturated carbocycles. The van der Waals surface area contributed by atoms with Crippen LogP contribution in [0.2, 0.25) is 0 Å². The second kappa shape index (κ2) is 7.59. The van der Waals surface area contributed by atoms with E-state index in [4.69, 9.17) is 15.2 Å². The van der Waals surface area contributed by atoms with Gasteiger partial charge in [-0.2, -0.15) is 4.39 Å². The maximum atomic E-state index is 13.3. The molecule has 2 rings (SSSR count). The van der Waals surface area contributed by atoms with E-state index in [2.05, 4.69) is 0 Å². The van der Waals surface area contributed by atoms with Gasteiger partial charge < -0.3 is 15.2 Å². The average molecular weight is 293 g/mol. The Morgan fingerprint density at radius 1 is 0.952 bits per heavy atom. The van der Waals surface area contributed by atoms with Crippen LogP contribution in [0.4, 0.5) is 8.78 Å². The lowest BCUT2D eigenvalue weighted by molar-refractivity contribution is 0.239. The zero-order valence-electron chi connectivity index (χ0n) is 11.5. The molecule has 0 amide bonds. The molecule has 3 nitrogen and oxygen atoms in total. The minimum Gasteiger partial charge on any atom is -0.493 e. The number of rotatable bonds is 7. The highest BCUT2D eigenvalue weighted by Crippen LogP contribution is 2.19. The molecule has 0 aliphatic heterocycles. The van der Waals surface area contributed by atoms with Gasteiger partial charge in [0.15, 0.2) is 11.6 Å². The third-order valence-electron chi connectivity index (χ3n) is 2.87. The molecular weight excluding hydrogens is 276 g/mol. The molecule has 0 unspecified atom stereocenters. The summed E-state index contributed by atoms with van der Waals surface area (Å²) in [5, 5.41) is 0. The number of nitrogens with two attached hydrogens (primary N) is 1. The normalized spacial score (nSPS) is 10.4. The molecule has 0 heterocycles. The zero-order valence-corrected chi connectivity index (χ0v) is 11.5. The Balaban J connectivity index is 1.73. The second-order valence-electron chi connectivity index (χ2n) is 4.45. The van der Waals surface area contributed by atoms with Crippen molar-refractivity contribution in [1.82, 2.24) is 0 Å². The Labute approximate surface area is 122 Å². The Morgan fingerprint density at radius 2 is 1.71 bits per heavy atom. The van der Waals surface area contributed by atoms with E-state index in [1.165, 1.54) is 12.1 Å². The summed E-state index contributed by atoms with van der Waals surface area (Å²) >= 11 is 0. The quantitative estimate of drug-likeness (QED) is 0.797. The molecule has 0 saturated heterocycles. The van der Waals surface area contributed by atoms with Gasteiger partial charge in [0.25, 0.3) is 0 Å². The topological polar surface area (TPSA) is 44.5 Å². The number of hydrogen-bond acceptors (Lipinski definition) is 3. The maximum Gasteiger partial charge on any atom is 0.200 e. The molecule has 0 spiro atoms. The summed E-state index contributed by atoms with van der Waals surface area (Å²) in [6, 6.07) is 11.3. The molecule has 5 heteroatoms. The van der Waals surface area contributed by atoms with Crippen molar-refractivity contribution in [3.8, 4) is 11.5 Å². The molecular formula is C16H17F2NO2. The van der Waals surface area contributed by atoms with E-state index in [9.17, 15) is 8.78 Å². The van der Waals surface area contributed by atoms with Crippen LogP contribution in [-0.4, -0.2) is 13.2 Å². The van der Waals surface area contributed by atoms with Gasteiger partial charge in [0.05, 0.1) is 13.2 Å². The number of hydrogen-bond donors (Lipinski definition) is 1. The predicted molar refractivity (Wildman–Crippen MR) is 76.3 cm³/mol. The van der Waals surface area contributed by atoms with Gasteiger partial charge >= 0.3 is 0 Å². The SMILES string of the molecule is NCc1cccc(OCCCOc2cccc(F)c2F)c1. The predicted octanol–water partition coefficient (Wildman–Crippen LogP) is 3.27. The van der Waals surface area contributed by atoms with E-state index in [1.807, 2.05) is 24.3 Å². The van der Waals surface area contributed by atoms with Crippen molar-refractivity contribution in [1.29, 1.82) is 0 Å². The van der Waals surface area contributed by atoms with E-state index < -0.39 is 11.6 Å². The first-order valence-corrected chi connectivity index (χ1v) is 6.69. The van der Waals surface area contributed by atoms with E-state index in [0.29, 0.717) is 19.6 Å². The molecule has 2 N–H and O–H groups in total. The van der Waals surface area contributed by atoms with Crippen molar-refractivity contribution < 1.29 is 18.3 Å². The second-order valence-corrected chi connectivity index (χ2v) is 4.45. The smallest absolute Gasteiger partial charge is 0.200 e. The van der Waals surface area contributed by atoms with Gasteiger partial charge in [-0.1, -0.05) is 18.2 Å². The van der Waals surface area contributed by atoms with Gasteiger partial charge in [0.2, 0.25) is 5.82 Å². The molecule has 2 aromatic rings. The van der Waals surface area contributed by atoms with Crippen LogP contribution in [0.3, 0.4) is 0 Å². The summed E-state index contributed by atoms with van der Waals surface area (Å²) in [6.45, 7) is 1.13. The third-order valence-corrected chi connectivity index (χ3v) is 2.87. The van der Waals surface area contributed by atoms with E-state index in [0.717, 1.165) is 17.4 Å². The molecule has 112 valence electrons. The lowest BCUT2D eigenvalue weighted by atomic mass is 10.2. The third kappa shape index (κ3) is 4.43. The zero-order chi connectivity index (χ0) is 15.1. The molecule has 21 heavy (non-hydrogen) atoms. The van der Waals surface area contributed by atoms with Gasteiger partial charge in [0.1, 0.15) is 5.75 Å².